The first-order valence-electron chi connectivity index (χ1n) is 12.5. The van der Waals surface area contributed by atoms with Crippen molar-refractivity contribution in [2.75, 3.05) is 0 Å². The Morgan fingerprint density at radius 1 is 1.07 bits per heavy atom. The van der Waals surface area contributed by atoms with Crippen molar-refractivity contribution < 1.29 is 5.11 Å². The number of aliphatic hydroxyl groups excluding tert-OH is 1. The summed E-state index contributed by atoms with van der Waals surface area (Å²) in [7, 11) is 0. The van der Waals surface area contributed by atoms with Crippen molar-refractivity contribution in [2.24, 2.45) is 35.0 Å². The maximum Gasteiger partial charge on any atom is 0.0583 e. The topological polar surface area (TPSA) is 20.2 Å². The summed E-state index contributed by atoms with van der Waals surface area (Å²) in [5, 5.41) is 10.0. The van der Waals surface area contributed by atoms with Crippen LogP contribution in [0.4, 0.5) is 0 Å². The fourth-order valence-corrected chi connectivity index (χ4v) is 6.67. The molecular formula is C28H46O. The maximum absolute atomic E-state index is 10.0. The molecule has 6 atom stereocenters. The van der Waals surface area contributed by atoms with Crippen molar-refractivity contribution in [2.45, 2.75) is 105 Å². The summed E-state index contributed by atoms with van der Waals surface area (Å²) in [6.07, 6.45) is 16.8. The quantitative estimate of drug-likeness (QED) is 0.482. The van der Waals surface area contributed by atoms with E-state index in [0.717, 1.165) is 48.9 Å². The first-order valence-corrected chi connectivity index (χ1v) is 12.5. The second kappa shape index (κ2) is 9.54. The highest BCUT2D eigenvalue weighted by atomic mass is 16.3. The number of hydrogen-bond acceptors (Lipinski definition) is 1. The van der Waals surface area contributed by atoms with E-state index in [1.807, 2.05) is 0 Å². The molecule has 0 heterocycles. The molecule has 0 radical (unpaired) electrons. The zero-order chi connectivity index (χ0) is 21.2. The molecule has 3 saturated carbocycles. The van der Waals surface area contributed by atoms with Gasteiger partial charge in [-0.25, -0.2) is 0 Å². The van der Waals surface area contributed by atoms with Crippen LogP contribution in [0, 0.1) is 35.0 Å². The first kappa shape index (κ1) is 22.9. The molecule has 0 aromatic rings. The lowest BCUT2D eigenvalue weighted by atomic mass is 9.60. The summed E-state index contributed by atoms with van der Waals surface area (Å²) in [5.41, 5.74) is 4.70. The lowest BCUT2D eigenvalue weighted by Gasteiger charge is -2.44. The molecule has 0 amide bonds. The predicted octanol–water partition coefficient (Wildman–Crippen LogP) is 7.87. The van der Waals surface area contributed by atoms with Gasteiger partial charge in [-0.05, 0) is 91.9 Å². The van der Waals surface area contributed by atoms with Crippen LogP contribution < -0.4 is 0 Å². The zero-order valence-corrected chi connectivity index (χ0v) is 19.8. The minimum atomic E-state index is -0.174. The third-order valence-electron chi connectivity index (χ3n) is 9.13. The maximum atomic E-state index is 10.0. The fraction of sp³-hybridized carbons (Fsp3) is 0.786. The van der Waals surface area contributed by atoms with Crippen molar-refractivity contribution in [1.82, 2.24) is 0 Å². The molecule has 1 N–H and O–H groups in total. The number of allylic oxidation sites excluding steroid dienone is 4. The van der Waals surface area contributed by atoms with Crippen LogP contribution in [0.5, 0.6) is 0 Å². The standard InChI is InChI=1S/C28H46O/c1-19(2)20(3)9-10-22(5)26-15-16-27-23(8-7-17-28(26,27)6)12-13-24-18-25(29)14-11-21(24)4/h12-13,19-20,22,25-27,29H,4,7-11,14-18H2,1-3,5-6H3/b23-12+,24-13-/t20?,22?,25-,26+,27?,28+/m0/s1. The van der Waals surface area contributed by atoms with Gasteiger partial charge in [-0.3, -0.25) is 0 Å². The molecule has 164 valence electrons. The van der Waals surface area contributed by atoms with Gasteiger partial charge in [0.2, 0.25) is 0 Å². The highest BCUT2D eigenvalue weighted by Gasteiger charge is 2.50. The second-order valence-corrected chi connectivity index (χ2v) is 11.3. The van der Waals surface area contributed by atoms with E-state index < -0.39 is 0 Å². The third-order valence-corrected chi connectivity index (χ3v) is 9.13. The molecule has 0 spiro atoms. The van der Waals surface area contributed by atoms with Gasteiger partial charge in [-0.1, -0.05) is 77.3 Å². The van der Waals surface area contributed by atoms with E-state index in [-0.39, 0.29) is 6.10 Å². The monoisotopic (exact) mass is 398 g/mol. The lowest BCUT2D eigenvalue weighted by molar-refractivity contribution is 0.0907. The molecule has 3 unspecified atom stereocenters. The van der Waals surface area contributed by atoms with Crippen LogP contribution in [0.25, 0.3) is 0 Å². The van der Waals surface area contributed by atoms with Crippen molar-refractivity contribution in [3.63, 3.8) is 0 Å². The number of hydrogen-bond donors (Lipinski definition) is 1. The molecular weight excluding hydrogens is 352 g/mol. The summed E-state index contributed by atoms with van der Waals surface area (Å²) in [4.78, 5) is 0. The molecule has 3 aliphatic carbocycles. The van der Waals surface area contributed by atoms with E-state index in [4.69, 9.17) is 0 Å². The average molecular weight is 399 g/mol. The van der Waals surface area contributed by atoms with E-state index >= 15 is 0 Å². The first-order chi connectivity index (χ1) is 13.7. The van der Waals surface area contributed by atoms with Gasteiger partial charge in [0.15, 0.2) is 0 Å². The van der Waals surface area contributed by atoms with Crippen LogP contribution in [-0.2, 0) is 0 Å². The van der Waals surface area contributed by atoms with Gasteiger partial charge in [0, 0.05) is 0 Å². The molecule has 0 aromatic carbocycles. The molecule has 0 aromatic heterocycles. The van der Waals surface area contributed by atoms with Crippen LogP contribution in [0.15, 0.2) is 35.5 Å². The Bertz CT molecular complexity index is 639. The smallest absolute Gasteiger partial charge is 0.0583 e. The number of rotatable bonds is 6. The highest BCUT2D eigenvalue weighted by Crippen LogP contribution is 2.60. The summed E-state index contributed by atoms with van der Waals surface area (Å²) in [6, 6.07) is 0. The Labute approximate surface area is 180 Å². The van der Waals surface area contributed by atoms with Gasteiger partial charge in [-0.2, -0.15) is 0 Å². The summed E-state index contributed by atoms with van der Waals surface area (Å²) >= 11 is 0. The van der Waals surface area contributed by atoms with Crippen LogP contribution in [-0.4, -0.2) is 11.2 Å². The lowest BCUT2D eigenvalue weighted by Crippen LogP contribution is -2.36. The van der Waals surface area contributed by atoms with Crippen LogP contribution >= 0.6 is 0 Å². The van der Waals surface area contributed by atoms with Gasteiger partial charge >= 0.3 is 0 Å². The predicted molar refractivity (Wildman–Crippen MR) is 126 cm³/mol. The van der Waals surface area contributed by atoms with E-state index in [0.29, 0.717) is 5.41 Å². The van der Waals surface area contributed by atoms with Gasteiger partial charge in [0.1, 0.15) is 0 Å². The van der Waals surface area contributed by atoms with E-state index in [2.05, 4.69) is 53.3 Å². The van der Waals surface area contributed by atoms with E-state index in [1.165, 1.54) is 56.1 Å². The molecule has 3 fully saturated rings. The minimum Gasteiger partial charge on any atom is -0.393 e. The number of fused-ring (bicyclic) bond motifs is 1. The Balaban J connectivity index is 1.70. The normalized spacial score (nSPS) is 37.9. The van der Waals surface area contributed by atoms with Crippen molar-refractivity contribution in [3.05, 3.63) is 35.5 Å². The Morgan fingerprint density at radius 3 is 2.55 bits per heavy atom. The van der Waals surface area contributed by atoms with Crippen LogP contribution in [0.1, 0.15) is 98.8 Å². The SMILES string of the molecule is C=C1CC[C@H](O)C/C1=C/C=C1\CCC[C@@]2(C)C1CC[C@@H]2C(C)CCC(C)C(C)C. The summed E-state index contributed by atoms with van der Waals surface area (Å²) in [6.45, 7) is 16.6. The van der Waals surface area contributed by atoms with Crippen molar-refractivity contribution in [1.29, 1.82) is 0 Å². The largest absolute Gasteiger partial charge is 0.393 e. The molecule has 0 aliphatic heterocycles. The van der Waals surface area contributed by atoms with E-state index in [1.54, 1.807) is 5.57 Å². The Morgan fingerprint density at radius 2 is 1.83 bits per heavy atom. The molecule has 3 aliphatic rings. The Kier molecular flexibility index (Phi) is 7.52. The summed E-state index contributed by atoms with van der Waals surface area (Å²) < 4.78 is 0. The van der Waals surface area contributed by atoms with Crippen LogP contribution in [0.3, 0.4) is 0 Å². The minimum absolute atomic E-state index is 0.174. The third kappa shape index (κ3) is 5.09. The molecule has 0 bridgehead atoms. The summed E-state index contributed by atoms with van der Waals surface area (Å²) in [5.74, 6) is 4.14. The van der Waals surface area contributed by atoms with Crippen LogP contribution in [0.2, 0.25) is 0 Å². The van der Waals surface area contributed by atoms with Gasteiger partial charge in [0.05, 0.1) is 6.10 Å². The van der Waals surface area contributed by atoms with Crippen molar-refractivity contribution >= 4 is 0 Å². The fourth-order valence-electron chi connectivity index (χ4n) is 6.67. The second-order valence-electron chi connectivity index (χ2n) is 11.3. The van der Waals surface area contributed by atoms with Crippen molar-refractivity contribution in [3.8, 4) is 0 Å². The zero-order valence-electron chi connectivity index (χ0n) is 19.8. The molecule has 1 heteroatoms. The molecule has 1 nitrogen and oxygen atoms in total. The molecule has 29 heavy (non-hydrogen) atoms. The average Bonchev–Trinajstić information content (AvgIpc) is 3.04. The van der Waals surface area contributed by atoms with Gasteiger partial charge in [0.25, 0.3) is 0 Å². The van der Waals surface area contributed by atoms with Gasteiger partial charge < -0.3 is 5.11 Å². The molecule has 0 saturated heterocycles. The highest BCUT2D eigenvalue weighted by molar-refractivity contribution is 5.36. The van der Waals surface area contributed by atoms with E-state index in [9.17, 15) is 5.11 Å². The van der Waals surface area contributed by atoms with Gasteiger partial charge in [-0.15, -0.1) is 0 Å². The Hall–Kier alpha value is -0.820. The number of aliphatic hydroxyl groups is 1. The molecule has 3 rings (SSSR count).